The van der Waals surface area contributed by atoms with Gasteiger partial charge in [0.25, 0.3) is 15.9 Å². The number of halogens is 1. The van der Waals surface area contributed by atoms with Crippen molar-refractivity contribution >= 4 is 33.2 Å². The standard InChI is InChI=1S/C26H27ClN2O6S/c1-17-4-11-24-23(14-17)29(36(31,32)21-9-7-19(33-3)8-10-21)16-25(35-24)26(30)28-12-13-34-20-6-5-18(2)22(27)15-20/h4-11,14-15,25H,12-13,16H2,1-3H3,(H,28,30)/t25-/m1/s1. The lowest BCUT2D eigenvalue weighted by molar-refractivity contribution is -0.127. The number of benzene rings is 3. The Hall–Kier alpha value is -3.43. The normalized spacial score (nSPS) is 15.0. The summed E-state index contributed by atoms with van der Waals surface area (Å²) in [5.41, 5.74) is 2.19. The maximum Gasteiger partial charge on any atom is 0.264 e. The number of sulfonamides is 1. The molecule has 1 aliphatic heterocycles. The number of hydrogen-bond donors (Lipinski definition) is 1. The van der Waals surface area contributed by atoms with Crippen LogP contribution in [0.15, 0.2) is 65.6 Å². The molecule has 0 radical (unpaired) electrons. The van der Waals surface area contributed by atoms with Gasteiger partial charge in [0, 0.05) is 5.02 Å². The maximum absolute atomic E-state index is 13.6. The summed E-state index contributed by atoms with van der Waals surface area (Å²) in [6.45, 7) is 4.00. The van der Waals surface area contributed by atoms with E-state index in [9.17, 15) is 13.2 Å². The van der Waals surface area contributed by atoms with Crippen molar-refractivity contribution in [3.8, 4) is 17.2 Å². The van der Waals surface area contributed by atoms with Gasteiger partial charge < -0.3 is 19.5 Å². The van der Waals surface area contributed by atoms with Crippen molar-refractivity contribution in [3.05, 3.63) is 76.8 Å². The molecule has 1 heterocycles. The highest BCUT2D eigenvalue weighted by Crippen LogP contribution is 2.38. The van der Waals surface area contributed by atoms with Crippen molar-refractivity contribution in [1.29, 1.82) is 0 Å². The topological polar surface area (TPSA) is 94.2 Å². The minimum absolute atomic E-state index is 0.0852. The summed E-state index contributed by atoms with van der Waals surface area (Å²) in [6, 6.07) is 16.7. The largest absolute Gasteiger partial charge is 0.497 e. The molecule has 0 bridgehead atoms. The predicted octanol–water partition coefficient (Wildman–Crippen LogP) is 4.12. The number of nitrogens with one attached hydrogen (secondary N) is 1. The molecule has 8 nitrogen and oxygen atoms in total. The predicted molar refractivity (Wildman–Crippen MR) is 138 cm³/mol. The van der Waals surface area contributed by atoms with Crippen molar-refractivity contribution < 1.29 is 27.4 Å². The van der Waals surface area contributed by atoms with E-state index >= 15 is 0 Å². The molecule has 0 spiro atoms. The third-order valence-electron chi connectivity index (χ3n) is 5.74. The quantitative estimate of drug-likeness (QED) is 0.440. The highest BCUT2D eigenvalue weighted by molar-refractivity contribution is 7.92. The van der Waals surface area contributed by atoms with E-state index in [0.717, 1.165) is 11.1 Å². The summed E-state index contributed by atoms with van der Waals surface area (Å²) >= 11 is 6.11. The van der Waals surface area contributed by atoms with Crippen LogP contribution in [0.1, 0.15) is 11.1 Å². The van der Waals surface area contributed by atoms with Crippen LogP contribution in [0.25, 0.3) is 0 Å². The number of rotatable bonds is 8. The van der Waals surface area contributed by atoms with E-state index in [1.54, 1.807) is 42.5 Å². The van der Waals surface area contributed by atoms with Crippen LogP contribution in [-0.2, 0) is 14.8 Å². The van der Waals surface area contributed by atoms with Crippen molar-refractivity contribution in [2.75, 3.05) is 31.1 Å². The van der Waals surface area contributed by atoms with Crippen LogP contribution in [0.4, 0.5) is 5.69 Å². The molecular formula is C26H27ClN2O6S. The van der Waals surface area contributed by atoms with Gasteiger partial charge in [-0.15, -0.1) is 0 Å². The summed E-state index contributed by atoms with van der Waals surface area (Å²) in [5.74, 6) is 1.01. The Morgan fingerprint density at radius 3 is 2.50 bits per heavy atom. The smallest absolute Gasteiger partial charge is 0.264 e. The third-order valence-corrected chi connectivity index (χ3v) is 7.94. The summed E-state index contributed by atoms with van der Waals surface area (Å²) < 4.78 is 45.0. The summed E-state index contributed by atoms with van der Waals surface area (Å²) in [7, 11) is -2.46. The van der Waals surface area contributed by atoms with Crippen LogP contribution in [0.5, 0.6) is 17.2 Å². The number of carbonyl (C=O) groups is 1. The fraction of sp³-hybridized carbons (Fsp3) is 0.269. The van der Waals surface area contributed by atoms with Gasteiger partial charge >= 0.3 is 0 Å². The third kappa shape index (κ3) is 5.52. The average Bonchev–Trinajstić information content (AvgIpc) is 2.87. The maximum atomic E-state index is 13.6. The first-order valence-corrected chi connectivity index (χ1v) is 13.1. The molecule has 3 aromatic rings. The summed E-state index contributed by atoms with van der Waals surface area (Å²) in [5, 5.41) is 3.35. The van der Waals surface area contributed by atoms with Gasteiger partial charge in [-0.25, -0.2) is 8.42 Å². The molecule has 0 unspecified atom stereocenters. The zero-order valence-electron chi connectivity index (χ0n) is 20.2. The lowest BCUT2D eigenvalue weighted by Gasteiger charge is -2.35. The summed E-state index contributed by atoms with van der Waals surface area (Å²) in [6.07, 6.45) is -1.04. The molecule has 0 saturated heterocycles. The zero-order valence-corrected chi connectivity index (χ0v) is 21.7. The molecule has 1 N–H and O–H groups in total. The van der Waals surface area contributed by atoms with E-state index in [0.29, 0.717) is 28.0 Å². The Morgan fingerprint density at radius 2 is 1.81 bits per heavy atom. The monoisotopic (exact) mass is 530 g/mol. The molecule has 0 aliphatic carbocycles. The molecule has 190 valence electrons. The van der Waals surface area contributed by atoms with Crippen LogP contribution in [0.3, 0.4) is 0 Å². The number of amides is 1. The number of methoxy groups -OCH3 is 1. The van der Waals surface area contributed by atoms with E-state index in [2.05, 4.69) is 5.32 Å². The molecule has 0 aromatic heterocycles. The van der Waals surface area contributed by atoms with Gasteiger partial charge in [-0.05, 0) is 73.5 Å². The SMILES string of the molecule is COc1ccc(S(=O)(=O)N2C[C@H](C(=O)NCCOc3ccc(C)c(Cl)c3)Oc3ccc(C)cc32)cc1. The van der Waals surface area contributed by atoms with Crippen molar-refractivity contribution in [2.45, 2.75) is 24.8 Å². The van der Waals surface area contributed by atoms with E-state index in [4.69, 9.17) is 25.8 Å². The van der Waals surface area contributed by atoms with Gasteiger partial charge in [-0.1, -0.05) is 23.7 Å². The van der Waals surface area contributed by atoms with Gasteiger partial charge in [-0.3, -0.25) is 9.10 Å². The van der Waals surface area contributed by atoms with Crippen molar-refractivity contribution in [3.63, 3.8) is 0 Å². The average molecular weight is 531 g/mol. The first-order chi connectivity index (χ1) is 17.2. The Bertz CT molecular complexity index is 1360. The molecule has 1 aliphatic rings. The lowest BCUT2D eigenvalue weighted by atomic mass is 10.1. The van der Waals surface area contributed by atoms with Gasteiger partial charge in [0.1, 0.15) is 23.9 Å². The van der Waals surface area contributed by atoms with Gasteiger partial charge in [-0.2, -0.15) is 0 Å². The summed E-state index contributed by atoms with van der Waals surface area (Å²) in [4.78, 5) is 13.0. The first-order valence-electron chi connectivity index (χ1n) is 11.3. The zero-order chi connectivity index (χ0) is 25.9. The highest BCUT2D eigenvalue weighted by Gasteiger charge is 2.37. The molecule has 1 amide bonds. The number of ether oxygens (including phenoxy) is 3. The molecule has 4 rings (SSSR count). The number of aryl methyl sites for hydroxylation is 2. The second kappa shape index (κ2) is 10.7. The minimum atomic E-state index is -3.97. The fourth-order valence-corrected chi connectivity index (χ4v) is 5.36. The Balaban J connectivity index is 1.48. The van der Waals surface area contributed by atoms with Crippen LogP contribution >= 0.6 is 11.6 Å². The van der Waals surface area contributed by atoms with Crippen molar-refractivity contribution in [2.24, 2.45) is 0 Å². The lowest BCUT2D eigenvalue weighted by Crippen LogP contribution is -2.51. The molecule has 3 aromatic carbocycles. The van der Waals surface area contributed by atoms with Crippen LogP contribution in [0.2, 0.25) is 5.02 Å². The molecule has 36 heavy (non-hydrogen) atoms. The molecule has 1 atom stereocenters. The molecule has 0 saturated carbocycles. The first kappa shape index (κ1) is 25.7. The number of fused-ring (bicyclic) bond motifs is 1. The van der Waals surface area contributed by atoms with E-state index in [-0.39, 0.29) is 24.6 Å². The highest BCUT2D eigenvalue weighted by atomic mass is 35.5. The van der Waals surface area contributed by atoms with Crippen LogP contribution in [-0.4, -0.2) is 47.2 Å². The minimum Gasteiger partial charge on any atom is -0.497 e. The number of nitrogens with zero attached hydrogens (tertiary/aromatic N) is 1. The molecular weight excluding hydrogens is 504 g/mol. The number of carbonyl (C=O) groups excluding carboxylic acids is 1. The van der Waals surface area contributed by atoms with Gasteiger partial charge in [0.05, 0.1) is 30.8 Å². The van der Waals surface area contributed by atoms with E-state index in [1.807, 2.05) is 19.9 Å². The second-order valence-corrected chi connectivity index (χ2v) is 10.6. The number of anilines is 1. The van der Waals surface area contributed by atoms with Gasteiger partial charge in [0.15, 0.2) is 6.10 Å². The van der Waals surface area contributed by atoms with E-state index < -0.39 is 22.0 Å². The molecule has 10 heteroatoms. The fourth-order valence-electron chi connectivity index (χ4n) is 3.72. The molecule has 0 fully saturated rings. The van der Waals surface area contributed by atoms with E-state index in [1.165, 1.54) is 23.5 Å². The van der Waals surface area contributed by atoms with Crippen LogP contribution in [0, 0.1) is 13.8 Å². The van der Waals surface area contributed by atoms with Crippen LogP contribution < -0.4 is 23.8 Å². The number of hydrogen-bond acceptors (Lipinski definition) is 6. The van der Waals surface area contributed by atoms with Crippen molar-refractivity contribution in [1.82, 2.24) is 5.32 Å². The second-order valence-electron chi connectivity index (χ2n) is 8.34. The Morgan fingerprint density at radius 1 is 1.08 bits per heavy atom. The van der Waals surface area contributed by atoms with Gasteiger partial charge in [0.2, 0.25) is 0 Å². The Kier molecular flexibility index (Phi) is 7.61. The Labute approximate surface area is 215 Å².